The molecule has 1 unspecified atom stereocenters. The highest BCUT2D eigenvalue weighted by Crippen LogP contribution is 2.21. The Labute approximate surface area is 105 Å². The van der Waals surface area contributed by atoms with Gasteiger partial charge in [0.2, 0.25) is 5.91 Å². The molecule has 5 heteroatoms. The maximum atomic E-state index is 11.7. The molecule has 0 saturated heterocycles. The number of benzene rings is 1. The van der Waals surface area contributed by atoms with E-state index in [0.717, 1.165) is 12.8 Å². The van der Waals surface area contributed by atoms with E-state index in [1.54, 1.807) is 0 Å². The van der Waals surface area contributed by atoms with E-state index in [-0.39, 0.29) is 11.9 Å². The van der Waals surface area contributed by atoms with Crippen molar-refractivity contribution in [2.24, 2.45) is 0 Å². The number of nitrogens with one attached hydrogen (secondary N) is 2. The summed E-state index contributed by atoms with van der Waals surface area (Å²) in [6.45, 7) is 1.49. The Morgan fingerprint density at radius 2 is 1.83 bits per heavy atom. The Bertz CT molecular complexity index is 448. The van der Waals surface area contributed by atoms with Crippen LogP contribution in [0.2, 0.25) is 0 Å². The van der Waals surface area contributed by atoms with Crippen molar-refractivity contribution >= 4 is 12.0 Å². The van der Waals surface area contributed by atoms with Crippen LogP contribution >= 0.6 is 0 Å². The summed E-state index contributed by atoms with van der Waals surface area (Å²) in [6, 6.07) is 7.29. The lowest BCUT2D eigenvalue weighted by Crippen LogP contribution is -2.51. The first-order chi connectivity index (χ1) is 8.56. The van der Waals surface area contributed by atoms with Gasteiger partial charge in [0.05, 0.1) is 0 Å². The normalized spacial score (nSPS) is 15.8. The number of amides is 2. The summed E-state index contributed by atoms with van der Waals surface area (Å²) in [5.41, 5.74) is 2.48. The molecule has 0 aromatic heterocycles. The number of hydrogen-bond acceptors (Lipinski definition) is 3. The number of hydrogen-bond donors (Lipinski definition) is 2. The molecular weight excluding hydrogens is 232 g/mol. The van der Waals surface area contributed by atoms with Crippen LogP contribution in [0.4, 0.5) is 4.79 Å². The third-order valence-corrected chi connectivity index (χ3v) is 3.13. The highest BCUT2D eigenvalue weighted by Gasteiger charge is 2.24. The largest absolute Gasteiger partial charge is 0.530 e. The maximum Gasteiger partial charge on any atom is 0.242 e. The highest BCUT2D eigenvalue weighted by molar-refractivity contribution is 5.84. The molecule has 0 saturated carbocycles. The number of carboxylic acid groups (broad SMARTS) is 1. The Hall–Kier alpha value is -2.04. The van der Waals surface area contributed by atoms with Crippen molar-refractivity contribution in [1.82, 2.24) is 10.6 Å². The van der Waals surface area contributed by atoms with Crippen molar-refractivity contribution in [2.75, 3.05) is 0 Å². The van der Waals surface area contributed by atoms with E-state index in [1.165, 1.54) is 18.1 Å². The summed E-state index contributed by atoms with van der Waals surface area (Å²) in [5.74, 6) is -0.322. The summed E-state index contributed by atoms with van der Waals surface area (Å²) < 4.78 is 0. The summed E-state index contributed by atoms with van der Waals surface area (Å²) in [4.78, 5) is 22.0. The van der Waals surface area contributed by atoms with Crippen molar-refractivity contribution < 1.29 is 14.7 Å². The zero-order chi connectivity index (χ0) is 13.1. The Morgan fingerprint density at radius 3 is 2.33 bits per heavy atom. The Morgan fingerprint density at radius 1 is 1.28 bits per heavy atom. The maximum absolute atomic E-state index is 11.7. The van der Waals surface area contributed by atoms with Gasteiger partial charge in [-0.2, -0.15) is 0 Å². The van der Waals surface area contributed by atoms with E-state index in [0.29, 0.717) is 0 Å². The fraction of sp³-hybridized carbons (Fsp3) is 0.385. The number of fused-ring (bicyclic) bond motifs is 1. The summed E-state index contributed by atoms with van der Waals surface area (Å²) in [5, 5.41) is 15.2. The molecule has 2 amide bonds. The minimum atomic E-state index is -1.44. The van der Waals surface area contributed by atoms with Gasteiger partial charge >= 0.3 is 0 Å². The van der Waals surface area contributed by atoms with E-state index < -0.39 is 12.1 Å². The minimum Gasteiger partial charge on any atom is -0.530 e. The van der Waals surface area contributed by atoms with Gasteiger partial charge in [-0.25, -0.2) is 0 Å². The number of rotatable bonds is 3. The molecule has 5 nitrogen and oxygen atoms in total. The summed E-state index contributed by atoms with van der Waals surface area (Å²) >= 11 is 0. The zero-order valence-corrected chi connectivity index (χ0v) is 10.1. The molecule has 0 radical (unpaired) electrons. The second-order valence-electron chi connectivity index (χ2n) is 4.54. The molecule has 0 bridgehead atoms. The van der Waals surface area contributed by atoms with Crippen molar-refractivity contribution in [1.29, 1.82) is 0 Å². The SMILES string of the molecule is CC(NC(=O)[O-])C(=O)NC1Cc2ccccc2C1. The molecule has 2 N–H and O–H groups in total. The van der Waals surface area contributed by atoms with Crippen LogP contribution in [0.15, 0.2) is 24.3 Å². The topological polar surface area (TPSA) is 81.3 Å². The second kappa shape index (κ2) is 5.08. The van der Waals surface area contributed by atoms with Crippen molar-refractivity contribution in [2.45, 2.75) is 31.8 Å². The van der Waals surface area contributed by atoms with Gasteiger partial charge in [0.25, 0.3) is 0 Å². The van der Waals surface area contributed by atoms with Crippen LogP contribution in [0.5, 0.6) is 0 Å². The molecule has 0 heterocycles. The van der Waals surface area contributed by atoms with Crippen LogP contribution in [0, 0.1) is 0 Å². The zero-order valence-electron chi connectivity index (χ0n) is 10.1. The van der Waals surface area contributed by atoms with Gasteiger partial charge in [-0.3, -0.25) is 4.79 Å². The van der Waals surface area contributed by atoms with Crippen LogP contribution < -0.4 is 15.7 Å². The minimum absolute atomic E-state index is 0.0425. The quantitative estimate of drug-likeness (QED) is 0.762. The van der Waals surface area contributed by atoms with Crippen LogP contribution in [-0.2, 0) is 17.6 Å². The first kappa shape index (κ1) is 12.4. The van der Waals surface area contributed by atoms with E-state index in [1.807, 2.05) is 29.6 Å². The van der Waals surface area contributed by atoms with E-state index in [2.05, 4.69) is 5.32 Å². The third kappa shape index (κ3) is 2.80. The monoisotopic (exact) mass is 247 g/mol. The average Bonchev–Trinajstić information content (AvgIpc) is 2.69. The van der Waals surface area contributed by atoms with Gasteiger partial charge in [0, 0.05) is 6.04 Å². The molecule has 1 aromatic carbocycles. The van der Waals surface area contributed by atoms with Crippen LogP contribution in [-0.4, -0.2) is 24.1 Å². The van der Waals surface area contributed by atoms with Crippen LogP contribution in [0.25, 0.3) is 0 Å². The molecule has 1 atom stereocenters. The molecule has 0 fully saturated rings. The molecule has 2 rings (SSSR count). The molecular formula is C13H15N2O3-. The molecule has 0 spiro atoms. The summed E-state index contributed by atoms with van der Waals surface area (Å²) in [7, 11) is 0. The fourth-order valence-electron chi connectivity index (χ4n) is 2.23. The van der Waals surface area contributed by atoms with Gasteiger partial charge in [-0.05, 0) is 30.9 Å². The molecule has 1 aliphatic rings. The van der Waals surface area contributed by atoms with Crippen LogP contribution in [0.3, 0.4) is 0 Å². The summed E-state index contributed by atoms with van der Waals surface area (Å²) in [6.07, 6.45) is 0.146. The van der Waals surface area contributed by atoms with Gasteiger partial charge < -0.3 is 20.5 Å². The molecule has 0 aliphatic heterocycles. The lowest BCUT2D eigenvalue weighted by atomic mass is 10.1. The molecule has 96 valence electrons. The first-order valence-electron chi connectivity index (χ1n) is 5.91. The first-order valence-corrected chi connectivity index (χ1v) is 5.91. The van der Waals surface area contributed by atoms with Gasteiger partial charge in [0.15, 0.2) is 0 Å². The van der Waals surface area contributed by atoms with Crippen molar-refractivity contribution in [3.05, 3.63) is 35.4 Å². The molecule has 1 aromatic rings. The lowest BCUT2D eigenvalue weighted by molar-refractivity contribution is -0.251. The second-order valence-corrected chi connectivity index (χ2v) is 4.54. The predicted molar refractivity (Wildman–Crippen MR) is 63.8 cm³/mol. The van der Waals surface area contributed by atoms with Gasteiger partial charge in [-0.1, -0.05) is 24.3 Å². The van der Waals surface area contributed by atoms with Gasteiger partial charge in [-0.15, -0.1) is 0 Å². The molecule has 1 aliphatic carbocycles. The Balaban J connectivity index is 1.89. The average molecular weight is 247 g/mol. The van der Waals surface area contributed by atoms with E-state index >= 15 is 0 Å². The van der Waals surface area contributed by atoms with Crippen LogP contribution in [0.1, 0.15) is 18.1 Å². The smallest absolute Gasteiger partial charge is 0.242 e. The standard InChI is InChI=1S/C13H16N2O3/c1-8(14-13(17)18)12(16)15-11-6-9-4-2-3-5-10(9)7-11/h2-5,8,11,14H,6-7H2,1H3,(H,15,16)(H,17,18)/p-1. The third-order valence-electron chi connectivity index (χ3n) is 3.13. The lowest BCUT2D eigenvalue weighted by Gasteiger charge is -2.18. The van der Waals surface area contributed by atoms with E-state index in [4.69, 9.17) is 0 Å². The highest BCUT2D eigenvalue weighted by atomic mass is 16.4. The van der Waals surface area contributed by atoms with Crippen molar-refractivity contribution in [3.8, 4) is 0 Å². The van der Waals surface area contributed by atoms with Crippen molar-refractivity contribution in [3.63, 3.8) is 0 Å². The number of carbonyl (C=O) groups excluding carboxylic acids is 2. The fourth-order valence-corrected chi connectivity index (χ4v) is 2.23. The Kier molecular flexibility index (Phi) is 3.50. The van der Waals surface area contributed by atoms with E-state index in [9.17, 15) is 14.7 Å². The predicted octanol–water partition coefficient (Wildman–Crippen LogP) is -0.409. The van der Waals surface area contributed by atoms with Gasteiger partial charge in [0.1, 0.15) is 12.1 Å². The molecule has 18 heavy (non-hydrogen) atoms. The number of carbonyl (C=O) groups is 2.